The summed E-state index contributed by atoms with van der Waals surface area (Å²) in [5.41, 5.74) is 1.67. The van der Waals surface area contributed by atoms with Crippen LogP contribution in [-0.2, 0) is 14.3 Å². The van der Waals surface area contributed by atoms with Gasteiger partial charge < -0.3 is 14.5 Å². The molecule has 0 saturated carbocycles. The fourth-order valence-corrected chi connectivity index (χ4v) is 2.32. The van der Waals surface area contributed by atoms with Crippen molar-refractivity contribution >= 4 is 17.7 Å². The van der Waals surface area contributed by atoms with Gasteiger partial charge in [-0.2, -0.15) is 0 Å². The number of aryl methyl sites for hydroxylation is 1. The topological polar surface area (TPSA) is 85.5 Å². The van der Waals surface area contributed by atoms with Crippen molar-refractivity contribution in [3.63, 3.8) is 0 Å². The first-order chi connectivity index (χ1) is 10.7. The fraction of sp³-hybridized carbons (Fsp3) is 0.588. The monoisotopic (exact) mass is 323 g/mol. The molecule has 0 fully saturated rings. The van der Waals surface area contributed by atoms with Crippen molar-refractivity contribution in [3.05, 3.63) is 22.5 Å². The molecule has 0 aliphatic rings. The number of hydrogen-bond donors (Lipinski definition) is 1. The Kier molecular flexibility index (Phi) is 6.54. The molecule has 6 nitrogen and oxygen atoms in total. The number of ether oxygens (including phenoxy) is 2. The summed E-state index contributed by atoms with van der Waals surface area (Å²) in [6.45, 7) is 8.91. The lowest BCUT2D eigenvalue weighted by Crippen LogP contribution is -2.25. The first kappa shape index (κ1) is 18.9. The molecule has 128 valence electrons. The Labute approximate surface area is 136 Å². The molecule has 23 heavy (non-hydrogen) atoms. The summed E-state index contributed by atoms with van der Waals surface area (Å²) < 4.78 is 9.90. The van der Waals surface area contributed by atoms with E-state index in [-0.39, 0.29) is 17.9 Å². The maximum absolute atomic E-state index is 12.5. The first-order valence-electron chi connectivity index (χ1n) is 7.70. The average molecular weight is 323 g/mol. The zero-order valence-corrected chi connectivity index (χ0v) is 14.6. The van der Waals surface area contributed by atoms with Crippen LogP contribution in [0.5, 0.6) is 0 Å². The van der Waals surface area contributed by atoms with E-state index in [0.29, 0.717) is 29.2 Å². The van der Waals surface area contributed by atoms with Crippen LogP contribution in [0, 0.1) is 19.8 Å². The maximum Gasteiger partial charge on any atom is 0.339 e. The second-order valence-corrected chi connectivity index (χ2v) is 6.05. The number of H-pyrrole nitrogens is 1. The van der Waals surface area contributed by atoms with E-state index >= 15 is 0 Å². The standard InChI is InChI=1S/C17H25NO5/c1-9(2)7-8-13(19)23-12(5)16(20)15-10(3)14(11(4)18-15)17(21)22-6/h9,12,18H,7-8H2,1-6H3/t12-/m1/s1. The van der Waals surface area contributed by atoms with E-state index in [9.17, 15) is 14.4 Å². The van der Waals surface area contributed by atoms with Gasteiger partial charge in [-0.05, 0) is 38.7 Å². The lowest BCUT2D eigenvalue weighted by atomic mass is 10.1. The van der Waals surface area contributed by atoms with Crippen LogP contribution in [0.3, 0.4) is 0 Å². The molecule has 0 aromatic carbocycles. The van der Waals surface area contributed by atoms with Crippen molar-refractivity contribution < 1.29 is 23.9 Å². The molecule has 0 aliphatic carbocycles. The van der Waals surface area contributed by atoms with E-state index in [0.717, 1.165) is 0 Å². The fourth-order valence-electron chi connectivity index (χ4n) is 2.32. The zero-order valence-electron chi connectivity index (χ0n) is 14.6. The number of ketones is 1. The lowest BCUT2D eigenvalue weighted by molar-refractivity contribution is -0.146. The minimum atomic E-state index is -0.906. The van der Waals surface area contributed by atoms with Gasteiger partial charge >= 0.3 is 11.9 Å². The summed E-state index contributed by atoms with van der Waals surface area (Å²) >= 11 is 0. The van der Waals surface area contributed by atoms with Gasteiger partial charge in [-0.15, -0.1) is 0 Å². The first-order valence-corrected chi connectivity index (χ1v) is 7.70. The molecule has 0 unspecified atom stereocenters. The molecular formula is C17H25NO5. The Balaban J connectivity index is 2.85. The van der Waals surface area contributed by atoms with Gasteiger partial charge in [0.25, 0.3) is 0 Å². The van der Waals surface area contributed by atoms with Crippen LogP contribution in [0.1, 0.15) is 65.7 Å². The summed E-state index contributed by atoms with van der Waals surface area (Å²) in [6, 6.07) is 0. The van der Waals surface area contributed by atoms with E-state index in [1.165, 1.54) is 14.0 Å². The molecular weight excluding hydrogens is 298 g/mol. The van der Waals surface area contributed by atoms with Crippen molar-refractivity contribution in [3.8, 4) is 0 Å². The van der Waals surface area contributed by atoms with E-state index < -0.39 is 18.0 Å². The molecule has 1 aromatic rings. The van der Waals surface area contributed by atoms with Crippen molar-refractivity contribution in [2.45, 2.75) is 53.6 Å². The van der Waals surface area contributed by atoms with E-state index in [1.54, 1.807) is 13.8 Å². The number of carbonyl (C=O) groups excluding carboxylic acids is 3. The van der Waals surface area contributed by atoms with Crippen molar-refractivity contribution in [1.82, 2.24) is 4.98 Å². The van der Waals surface area contributed by atoms with E-state index in [2.05, 4.69) is 4.98 Å². The number of esters is 2. The molecule has 1 rings (SSSR count). The van der Waals surface area contributed by atoms with Gasteiger partial charge in [0.15, 0.2) is 6.10 Å². The molecule has 1 aromatic heterocycles. The molecule has 0 radical (unpaired) electrons. The van der Waals surface area contributed by atoms with Crippen LogP contribution in [0.15, 0.2) is 0 Å². The number of carbonyl (C=O) groups is 3. The summed E-state index contributed by atoms with van der Waals surface area (Å²) in [4.78, 5) is 38.8. The summed E-state index contributed by atoms with van der Waals surface area (Å²) in [5, 5.41) is 0. The summed E-state index contributed by atoms with van der Waals surface area (Å²) in [5.74, 6) is -0.867. The molecule has 6 heteroatoms. The van der Waals surface area contributed by atoms with Gasteiger partial charge in [-0.1, -0.05) is 13.8 Å². The molecule has 1 heterocycles. The predicted molar refractivity (Wildman–Crippen MR) is 85.6 cm³/mol. The second-order valence-electron chi connectivity index (χ2n) is 6.05. The van der Waals surface area contributed by atoms with Crippen molar-refractivity contribution in [2.24, 2.45) is 5.92 Å². The van der Waals surface area contributed by atoms with Gasteiger partial charge in [-0.25, -0.2) is 4.79 Å². The van der Waals surface area contributed by atoms with Crippen LogP contribution in [0.2, 0.25) is 0 Å². The summed E-state index contributed by atoms with van der Waals surface area (Å²) in [7, 11) is 1.29. The van der Waals surface area contributed by atoms with Crippen LogP contribution < -0.4 is 0 Å². The second kappa shape index (κ2) is 7.94. The summed E-state index contributed by atoms with van der Waals surface area (Å²) in [6.07, 6.45) is 0.0927. The number of aromatic amines is 1. The van der Waals surface area contributed by atoms with Crippen LogP contribution in [0.25, 0.3) is 0 Å². The Morgan fingerprint density at radius 3 is 2.26 bits per heavy atom. The van der Waals surface area contributed by atoms with Crippen molar-refractivity contribution in [1.29, 1.82) is 0 Å². The predicted octanol–water partition coefficient (Wildman–Crippen LogP) is 2.97. The Morgan fingerprint density at radius 2 is 1.74 bits per heavy atom. The zero-order chi connectivity index (χ0) is 17.7. The van der Waals surface area contributed by atoms with Crippen LogP contribution >= 0.6 is 0 Å². The lowest BCUT2D eigenvalue weighted by Gasteiger charge is -2.12. The van der Waals surface area contributed by atoms with Gasteiger partial charge in [0.2, 0.25) is 5.78 Å². The number of hydrogen-bond acceptors (Lipinski definition) is 5. The number of Topliss-reactive ketones (excluding diaryl/α,β-unsaturated/α-hetero) is 1. The van der Waals surface area contributed by atoms with Gasteiger partial charge in [0.05, 0.1) is 18.4 Å². The van der Waals surface area contributed by atoms with Gasteiger partial charge in [0.1, 0.15) is 0 Å². The molecule has 0 aliphatic heterocycles. The van der Waals surface area contributed by atoms with E-state index in [1.807, 2.05) is 13.8 Å². The highest BCUT2D eigenvalue weighted by Gasteiger charge is 2.27. The minimum absolute atomic E-state index is 0.270. The third kappa shape index (κ3) is 4.68. The smallest absolute Gasteiger partial charge is 0.339 e. The Morgan fingerprint density at radius 1 is 1.13 bits per heavy atom. The number of methoxy groups -OCH3 is 1. The highest BCUT2D eigenvalue weighted by molar-refractivity contribution is 6.03. The Hall–Kier alpha value is -2.11. The van der Waals surface area contributed by atoms with Crippen LogP contribution in [-0.4, -0.2) is 35.9 Å². The molecule has 0 saturated heterocycles. The SMILES string of the molecule is COC(=O)c1c(C)[nH]c(C(=O)[C@@H](C)OC(=O)CCC(C)C)c1C. The molecule has 0 bridgehead atoms. The largest absolute Gasteiger partial charge is 0.465 e. The van der Waals surface area contributed by atoms with E-state index in [4.69, 9.17) is 9.47 Å². The quantitative estimate of drug-likeness (QED) is 0.616. The molecule has 0 amide bonds. The van der Waals surface area contributed by atoms with Gasteiger partial charge in [0, 0.05) is 12.1 Å². The van der Waals surface area contributed by atoms with Crippen LogP contribution in [0.4, 0.5) is 0 Å². The highest BCUT2D eigenvalue weighted by atomic mass is 16.5. The Bertz CT molecular complexity index is 600. The third-order valence-corrected chi connectivity index (χ3v) is 3.68. The molecule has 0 spiro atoms. The van der Waals surface area contributed by atoms with Gasteiger partial charge in [-0.3, -0.25) is 9.59 Å². The highest BCUT2D eigenvalue weighted by Crippen LogP contribution is 2.21. The maximum atomic E-state index is 12.5. The molecule has 1 atom stereocenters. The van der Waals surface area contributed by atoms with Crippen molar-refractivity contribution in [2.75, 3.05) is 7.11 Å². The molecule has 1 N–H and O–H groups in total. The normalized spacial score (nSPS) is 12.1. The average Bonchev–Trinajstić information content (AvgIpc) is 2.78. The number of aromatic nitrogens is 1. The minimum Gasteiger partial charge on any atom is -0.465 e. The number of nitrogens with one attached hydrogen (secondary N) is 1. The third-order valence-electron chi connectivity index (χ3n) is 3.68. The number of rotatable bonds is 7.